The fourth-order valence-corrected chi connectivity index (χ4v) is 12.3. The third-order valence-corrected chi connectivity index (χ3v) is 14.3. The van der Waals surface area contributed by atoms with Gasteiger partial charge in [0, 0.05) is 16.7 Å². The van der Waals surface area contributed by atoms with Crippen molar-refractivity contribution in [3.05, 3.63) is 210 Å². The largest absolute Gasteiger partial charge is 0.496 e. The Kier molecular flexibility index (Phi) is 10.0. The lowest BCUT2D eigenvalue weighted by Crippen LogP contribution is -2.42. The molecule has 0 spiro atoms. The van der Waals surface area contributed by atoms with Crippen LogP contribution in [0.1, 0.15) is 22.3 Å². The monoisotopic (exact) mass is 685 g/mol. The van der Waals surface area contributed by atoms with E-state index >= 15 is 0 Å². The molecule has 0 aromatic heterocycles. The van der Waals surface area contributed by atoms with Gasteiger partial charge in [0.05, 0.1) is 26.7 Å². The third-order valence-electron chi connectivity index (χ3n) is 9.94. The average molecular weight is 686 g/mol. The summed E-state index contributed by atoms with van der Waals surface area (Å²) in [4.78, 5) is 0. The molecule has 7 aromatic carbocycles. The van der Waals surface area contributed by atoms with Gasteiger partial charge in [-0.1, -0.05) is 127 Å². The summed E-state index contributed by atoms with van der Waals surface area (Å²) in [5, 5.41) is 5.20. The van der Waals surface area contributed by atoms with E-state index in [0.717, 1.165) is 33.9 Å². The average Bonchev–Trinajstić information content (AvgIpc) is 3.22. The van der Waals surface area contributed by atoms with E-state index in [1.54, 1.807) is 21.3 Å². The quantitative estimate of drug-likeness (QED) is 0.0950. The molecule has 0 saturated carbocycles. The highest BCUT2D eigenvalue weighted by Gasteiger charge is 2.51. The SMILES string of the molecule is COc1ccccc1C(Cc1ccccc1[P+](c1ccccc1)(c1ccccc1)c1ccccc1)(c1ccccc1OC)c1ccccc1OC. The maximum absolute atomic E-state index is 6.21. The second-order valence-corrected chi connectivity index (χ2v) is 15.9. The summed E-state index contributed by atoms with van der Waals surface area (Å²) in [6.07, 6.45) is 0.596. The number of ether oxygens (including phenoxy) is 3. The van der Waals surface area contributed by atoms with Crippen LogP contribution in [-0.2, 0) is 11.8 Å². The van der Waals surface area contributed by atoms with Crippen LogP contribution in [0.3, 0.4) is 0 Å². The van der Waals surface area contributed by atoms with Gasteiger partial charge in [0.2, 0.25) is 0 Å². The second kappa shape index (κ2) is 15.1. The smallest absolute Gasteiger partial charge is 0.144 e. The van der Waals surface area contributed by atoms with Crippen molar-refractivity contribution in [1.82, 2.24) is 0 Å². The number of para-hydroxylation sites is 3. The zero-order valence-corrected chi connectivity index (χ0v) is 30.2. The van der Waals surface area contributed by atoms with Crippen LogP contribution in [0.5, 0.6) is 17.2 Å². The lowest BCUT2D eigenvalue weighted by atomic mass is 9.65. The van der Waals surface area contributed by atoms with Crippen molar-refractivity contribution >= 4 is 28.5 Å². The van der Waals surface area contributed by atoms with Crippen LogP contribution in [-0.4, -0.2) is 21.3 Å². The maximum atomic E-state index is 6.21. The van der Waals surface area contributed by atoms with E-state index in [9.17, 15) is 0 Å². The van der Waals surface area contributed by atoms with Gasteiger partial charge in [0.15, 0.2) is 0 Å². The summed E-state index contributed by atoms with van der Waals surface area (Å²) < 4.78 is 18.6. The van der Waals surface area contributed by atoms with Gasteiger partial charge in [-0.3, -0.25) is 0 Å². The molecule has 0 radical (unpaired) electrons. The van der Waals surface area contributed by atoms with Crippen molar-refractivity contribution in [3.8, 4) is 17.2 Å². The van der Waals surface area contributed by atoms with Gasteiger partial charge in [-0.2, -0.15) is 0 Å². The first-order chi connectivity index (χ1) is 25.2. The molecule has 0 unspecified atom stereocenters. The first-order valence-corrected chi connectivity index (χ1v) is 19.0. The molecule has 7 rings (SSSR count). The molecular formula is C47H42O3P+. The third kappa shape index (κ3) is 5.98. The first-order valence-electron chi connectivity index (χ1n) is 17.2. The van der Waals surface area contributed by atoms with Gasteiger partial charge in [-0.15, -0.1) is 0 Å². The molecule has 51 heavy (non-hydrogen) atoms. The van der Waals surface area contributed by atoms with Gasteiger partial charge < -0.3 is 14.2 Å². The number of hydrogen-bond acceptors (Lipinski definition) is 3. The van der Waals surface area contributed by atoms with Crippen molar-refractivity contribution in [2.24, 2.45) is 0 Å². The molecule has 0 N–H and O–H groups in total. The summed E-state index contributed by atoms with van der Waals surface area (Å²) >= 11 is 0. The van der Waals surface area contributed by atoms with E-state index in [0.29, 0.717) is 6.42 Å². The Morgan fingerprint density at radius 2 is 0.686 bits per heavy atom. The molecule has 0 heterocycles. The molecular weight excluding hydrogens is 643 g/mol. The van der Waals surface area contributed by atoms with Gasteiger partial charge in [-0.05, 0) is 72.6 Å². The molecule has 252 valence electrons. The van der Waals surface area contributed by atoms with Crippen molar-refractivity contribution in [3.63, 3.8) is 0 Å². The number of hydrogen-bond donors (Lipinski definition) is 0. The molecule has 0 aliphatic heterocycles. The fraction of sp³-hybridized carbons (Fsp3) is 0.106. The van der Waals surface area contributed by atoms with Crippen LogP contribution < -0.4 is 35.4 Å². The van der Waals surface area contributed by atoms with Gasteiger partial charge in [0.25, 0.3) is 0 Å². The van der Waals surface area contributed by atoms with Crippen LogP contribution in [0.4, 0.5) is 0 Å². The molecule has 0 fully saturated rings. The van der Waals surface area contributed by atoms with Crippen LogP contribution >= 0.6 is 7.26 Å². The summed E-state index contributed by atoms with van der Waals surface area (Å²) in [5.41, 5.74) is 3.50. The molecule has 0 amide bonds. The Hall–Kier alpha value is -5.63. The molecule has 0 bridgehead atoms. The van der Waals surface area contributed by atoms with E-state index in [-0.39, 0.29) is 0 Å². The topological polar surface area (TPSA) is 27.7 Å². The fourth-order valence-electron chi connectivity index (χ4n) is 7.81. The predicted octanol–water partition coefficient (Wildman–Crippen LogP) is 8.91. The van der Waals surface area contributed by atoms with E-state index in [1.807, 2.05) is 18.2 Å². The van der Waals surface area contributed by atoms with Crippen LogP contribution in [0.2, 0.25) is 0 Å². The first kappa shape index (κ1) is 33.8. The number of benzene rings is 7. The minimum Gasteiger partial charge on any atom is -0.496 e. The summed E-state index contributed by atoms with van der Waals surface area (Å²) in [6.45, 7) is 0. The number of rotatable bonds is 12. The predicted molar refractivity (Wildman–Crippen MR) is 214 cm³/mol. The van der Waals surface area contributed by atoms with Crippen LogP contribution in [0.25, 0.3) is 0 Å². The van der Waals surface area contributed by atoms with Gasteiger partial charge in [0.1, 0.15) is 45.7 Å². The Labute approximate surface area is 302 Å². The Bertz CT molecular complexity index is 1990. The molecule has 0 atom stereocenters. The van der Waals surface area contributed by atoms with Crippen molar-refractivity contribution < 1.29 is 14.2 Å². The normalized spacial score (nSPS) is 11.5. The highest BCUT2D eigenvalue weighted by Crippen LogP contribution is 2.57. The van der Waals surface area contributed by atoms with E-state index in [4.69, 9.17) is 14.2 Å². The van der Waals surface area contributed by atoms with Gasteiger partial charge in [-0.25, -0.2) is 0 Å². The Morgan fingerprint density at radius 1 is 0.373 bits per heavy atom. The van der Waals surface area contributed by atoms with E-state index in [1.165, 1.54) is 26.8 Å². The molecule has 4 heteroatoms. The van der Waals surface area contributed by atoms with Gasteiger partial charge >= 0.3 is 0 Å². The minimum absolute atomic E-state index is 0.596. The zero-order chi connectivity index (χ0) is 35.1. The summed E-state index contributed by atoms with van der Waals surface area (Å²) in [6, 6.07) is 67.3. The highest BCUT2D eigenvalue weighted by molar-refractivity contribution is 8.01. The minimum atomic E-state index is -2.45. The second-order valence-electron chi connectivity index (χ2n) is 12.5. The van der Waals surface area contributed by atoms with Crippen molar-refractivity contribution in [2.75, 3.05) is 21.3 Å². The molecule has 0 aliphatic carbocycles. The Balaban J connectivity index is 1.64. The standard InChI is InChI=1S/C47H42O3P/c1-48-43-31-17-14-28-40(43)47(41-29-15-18-32-44(41)49-2,42-30-16-19-33-45(42)50-3)35-36-21-13-20-34-46(36)51(37-22-7-4-8-23-37,38-24-9-5-10-25-38)39-26-11-6-12-27-39/h4-34H,35H2,1-3H3/q+1. The molecule has 3 nitrogen and oxygen atoms in total. The Morgan fingerprint density at radius 3 is 1.06 bits per heavy atom. The summed E-state index contributed by atoms with van der Waals surface area (Å²) in [7, 11) is 2.79. The molecule has 0 saturated heterocycles. The lowest BCUT2D eigenvalue weighted by molar-refractivity contribution is 0.376. The van der Waals surface area contributed by atoms with Crippen molar-refractivity contribution in [1.29, 1.82) is 0 Å². The molecule has 7 aromatic rings. The van der Waals surface area contributed by atoms with E-state index < -0.39 is 12.7 Å². The van der Waals surface area contributed by atoms with Crippen LogP contribution in [0.15, 0.2) is 188 Å². The van der Waals surface area contributed by atoms with Crippen LogP contribution in [0, 0.1) is 0 Å². The maximum Gasteiger partial charge on any atom is 0.144 e. The highest BCUT2D eigenvalue weighted by atomic mass is 31.2. The summed E-state index contributed by atoms with van der Waals surface area (Å²) in [5.74, 6) is 2.38. The lowest BCUT2D eigenvalue weighted by Gasteiger charge is -2.39. The van der Waals surface area contributed by atoms with Crippen molar-refractivity contribution in [2.45, 2.75) is 11.8 Å². The molecule has 0 aliphatic rings. The van der Waals surface area contributed by atoms with E-state index in [2.05, 4.69) is 170 Å². The number of methoxy groups -OCH3 is 3. The zero-order valence-electron chi connectivity index (χ0n) is 29.3.